The maximum atomic E-state index is 15.9. The number of ether oxygens (including phenoxy) is 3. The van der Waals surface area contributed by atoms with E-state index in [2.05, 4.69) is 42.2 Å². The Hall–Kier alpha value is -2.91. The van der Waals surface area contributed by atoms with Crippen molar-refractivity contribution in [1.82, 2.24) is 39.0 Å². The molecule has 7 rings (SSSR count). The monoisotopic (exact) mass is 693 g/mol. The Balaban J connectivity index is 1.20. The number of nitrogens with zero attached hydrogens (tertiary/aromatic N) is 7. The predicted molar refractivity (Wildman–Crippen MR) is 148 cm³/mol. The lowest BCUT2D eigenvalue weighted by Crippen LogP contribution is -2.36. The first-order valence-electron chi connectivity index (χ1n) is 13.1. The fourth-order valence-electron chi connectivity index (χ4n) is 5.28. The molecule has 7 heterocycles. The molecule has 2 bridgehead atoms. The number of thiol groups is 1. The fourth-order valence-corrected chi connectivity index (χ4v) is 7.55. The average molecular weight is 693 g/mol. The quantitative estimate of drug-likeness (QED) is 0.169. The molecule has 0 amide bonds. The molecule has 0 radical (unpaired) electrons. The first-order valence-corrected chi connectivity index (χ1v) is 17.5. The molecule has 3 fully saturated rings. The normalized spacial score (nSPS) is 38.0. The van der Waals surface area contributed by atoms with Crippen LogP contribution in [0.5, 0.6) is 0 Å². The molecule has 3 aliphatic rings. The molecule has 10 atom stereocenters. The Morgan fingerprint density at radius 1 is 0.933 bits per heavy atom. The predicted octanol–water partition coefficient (Wildman–Crippen LogP) is 1.01. The van der Waals surface area contributed by atoms with Gasteiger partial charge >= 0.3 is 14.4 Å². The van der Waals surface area contributed by atoms with Gasteiger partial charge in [-0.15, -0.1) is 0 Å². The van der Waals surface area contributed by atoms with Crippen molar-refractivity contribution in [2.24, 2.45) is 0 Å². The summed E-state index contributed by atoms with van der Waals surface area (Å²) in [6, 6.07) is 0. The minimum Gasteiger partial charge on any atom is -0.382 e. The highest BCUT2D eigenvalue weighted by Crippen LogP contribution is 2.58. The van der Waals surface area contributed by atoms with Crippen LogP contribution in [0.4, 0.5) is 14.6 Å². The zero-order chi connectivity index (χ0) is 31.7. The zero-order valence-corrected chi connectivity index (χ0v) is 25.2. The molecule has 24 heteroatoms. The van der Waals surface area contributed by atoms with E-state index >= 15 is 8.78 Å². The summed E-state index contributed by atoms with van der Waals surface area (Å²) in [5.41, 5.74) is 5.40. The lowest BCUT2D eigenvalue weighted by Gasteiger charge is -2.26. The SMILES string of the molecule is Nc1ncnc2c1ncn2[C@@H]1O[C@@H]2COP(=O)(S)O[C@@H]3[C@H](F)[C@@H](COP(=O)(O)CO[C@H]2[C@H]1F)O[C@H]3n1cnc2c(=O)[nH]cnc21. The third-order valence-electron chi connectivity index (χ3n) is 7.36. The van der Waals surface area contributed by atoms with Gasteiger partial charge in [0.25, 0.3) is 5.56 Å². The Labute approximate surface area is 254 Å². The lowest BCUT2D eigenvalue weighted by atomic mass is 10.1. The van der Waals surface area contributed by atoms with Crippen LogP contribution in [0.2, 0.25) is 0 Å². The van der Waals surface area contributed by atoms with Gasteiger partial charge in [-0.1, -0.05) is 12.2 Å². The largest absolute Gasteiger partial charge is 0.386 e. The molecule has 242 valence electrons. The van der Waals surface area contributed by atoms with E-state index in [0.717, 1.165) is 23.5 Å². The number of alkyl halides is 2. The summed E-state index contributed by atoms with van der Waals surface area (Å²) in [6.45, 7) is -5.98. The molecule has 0 spiro atoms. The number of hydrogen-bond donors (Lipinski definition) is 4. The molecule has 19 nitrogen and oxygen atoms in total. The van der Waals surface area contributed by atoms with Crippen molar-refractivity contribution in [2.45, 2.75) is 49.2 Å². The second-order valence-electron chi connectivity index (χ2n) is 10.2. The summed E-state index contributed by atoms with van der Waals surface area (Å²) in [5.74, 6) is 0.0333. The molecule has 0 aliphatic carbocycles. The van der Waals surface area contributed by atoms with Crippen LogP contribution in [0.25, 0.3) is 22.3 Å². The number of aromatic nitrogens is 8. The molecular formula is C21H23F2N9O10P2S. The van der Waals surface area contributed by atoms with Gasteiger partial charge in [-0.3, -0.25) is 27.5 Å². The number of rotatable bonds is 2. The standard InChI is InChI=1S/C21H23F2N9O10P2S/c22-10-8-1-38-43(34,35)7-37-14-9(41-20(11(14)23)31-5-29-12-16(24)25-3-26-17(12)31)2-39-44(36,45)42-15(10)21(40-8)32-6-30-13-18(32)27-4-28-19(13)33/h3-6,8-11,14-15,20-21H,1-2,7H2,(H,34,35)(H,36,45)(H2,24,25,26)(H,27,28,33)/t8-,9-,10-,11-,14-,15-,20-,21-,44?/m1/s1. The van der Waals surface area contributed by atoms with Crippen molar-refractivity contribution in [3.05, 3.63) is 35.7 Å². The Kier molecular flexibility index (Phi) is 7.79. The van der Waals surface area contributed by atoms with Crippen LogP contribution >= 0.6 is 26.6 Å². The molecule has 45 heavy (non-hydrogen) atoms. The maximum Gasteiger partial charge on any atom is 0.386 e. The maximum absolute atomic E-state index is 15.9. The van der Waals surface area contributed by atoms with Crippen molar-refractivity contribution in [3.63, 3.8) is 0 Å². The minimum atomic E-state index is -4.65. The van der Waals surface area contributed by atoms with Crippen molar-refractivity contribution >= 4 is 54.8 Å². The third kappa shape index (κ3) is 5.58. The van der Waals surface area contributed by atoms with Crippen molar-refractivity contribution in [3.8, 4) is 0 Å². The van der Waals surface area contributed by atoms with Crippen LogP contribution < -0.4 is 11.3 Å². The summed E-state index contributed by atoms with van der Waals surface area (Å²) < 4.78 is 93.4. The highest BCUT2D eigenvalue weighted by atomic mass is 32.7. The number of H-pyrrole nitrogens is 1. The number of nitrogen functional groups attached to an aromatic ring is 1. The molecule has 3 aliphatic heterocycles. The number of hydrogen-bond acceptors (Lipinski definition) is 15. The number of fused-ring (bicyclic) bond motifs is 5. The Morgan fingerprint density at radius 3 is 2.42 bits per heavy atom. The van der Waals surface area contributed by atoms with Gasteiger partial charge in [0.05, 0.1) is 32.2 Å². The topological polar surface area (TPSA) is 243 Å². The van der Waals surface area contributed by atoms with Gasteiger partial charge in [0.15, 0.2) is 47.4 Å². The first kappa shape index (κ1) is 30.7. The van der Waals surface area contributed by atoms with Gasteiger partial charge in [-0.05, 0) is 0 Å². The number of aromatic amines is 1. The van der Waals surface area contributed by atoms with Gasteiger partial charge in [-0.2, -0.15) is 0 Å². The zero-order valence-electron chi connectivity index (χ0n) is 22.5. The van der Waals surface area contributed by atoms with Gasteiger partial charge < -0.3 is 34.3 Å². The van der Waals surface area contributed by atoms with Crippen molar-refractivity contribution in [1.29, 1.82) is 0 Å². The second kappa shape index (κ2) is 11.4. The van der Waals surface area contributed by atoms with E-state index in [1.165, 1.54) is 10.9 Å². The van der Waals surface area contributed by atoms with E-state index in [4.69, 9.17) is 33.5 Å². The van der Waals surface area contributed by atoms with Crippen molar-refractivity contribution < 1.29 is 50.6 Å². The highest BCUT2D eigenvalue weighted by Gasteiger charge is 2.53. The van der Waals surface area contributed by atoms with E-state index in [0.29, 0.717) is 0 Å². The van der Waals surface area contributed by atoms with E-state index in [1.807, 2.05) is 0 Å². The second-order valence-corrected chi connectivity index (χ2v) is 14.9. The Morgan fingerprint density at radius 2 is 1.62 bits per heavy atom. The smallest absolute Gasteiger partial charge is 0.382 e. The van der Waals surface area contributed by atoms with E-state index in [1.54, 1.807) is 0 Å². The molecule has 2 unspecified atom stereocenters. The number of anilines is 1. The van der Waals surface area contributed by atoms with Gasteiger partial charge in [0, 0.05) is 0 Å². The molecule has 0 saturated carbocycles. The third-order valence-corrected chi connectivity index (χ3v) is 10.0. The number of halogens is 2. The summed E-state index contributed by atoms with van der Waals surface area (Å²) in [4.78, 5) is 45.0. The molecule has 0 aromatic carbocycles. The number of nitrogens with one attached hydrogen (secondary N) is 1. The minimum absolute atomic E-state index is 0.0264. The lowest BCUT2D eigenvalue weighted by molar-refractivity contribution is -0.0551. The van der Waals surface area contributed by atoms with Gasteiger partial charge in [0.2, 0.25) is 0 Å². The molecular weight excluding hydrogens is 670 g/mol. The summed E-state index contributed by atoms with van der Waals surface area (Å²) >= 11 is 3.99. The molecule has 4 aromatic heterocycles. The van der Waals surface area contributed by atoms with Crippen LogP contribution in [0.15, 0.2) is 30.1 Å². The van der Waals surface area contributed by atoms with E-state index in [-0.39, 0.29) is 28.1 Å². The molecule has 4 aromatic rings. The number of imidazole rings is 2. The number of nitrogens with two attached hydrogens (primary N) is 1. The first-order chi connectivity index (χ1) is 21.4. The van der Waals surface area contributed by atoms with Gasteiger partial charge in [0.1, 0.15) is 42.6 Å². The molecule has 4 N–H and O–H groups in total. The van der Waals surface area contributed by atoms with Crippen LogP contribution in [-0.4, -0.2) is 100 Å². The summed E-state index contributed by atoms with van der Waals surface area (Å²) in [7, 11) is -4.65. The van der Waals surface area contributed by atoms with Crippen LogP contribution in [0.3, 0.4) is 0 Å². The fraction of sp³-hybridized carbons (Fsp3) is 0.524. The van der Waals surface area contributed by atoms with Gasteiger partial charge in [-0.25, -0.2) is 38.3 Å². The summed E-state index contributed by atoms with van der Waals surface area (Å²) in [5, 5.41) is 0. The van der Waals surface area contributed by atoms with Crippen LogP contribution in [-0.2, 0) is 36.9 Å². The van der Waals surface area contributed by atoms with E-state index in [9.17, 15) is 18.8 Å². The highest BCUT2D eigenvalue weighted by molar-refractivity contribution is 8.44. The van der Waals surface area contributed by atoms with E-state index < -0.39 is 88.7 Å². The van der Waals surface area contributed by atoms with Crippen LogP contribution in [0, 0.1) is 0 Å². The van der Waals surface area contributed by atoms with Crippen molar-refractivity contribution in [2.75, 3.05) is 25.3 Å². The Bertz CT molecular complexity index is 1920. The summed E-state index contributed by atoms with van der Waals surface area (Å²) in [6.07, 6.45) is -9.73. The molecule has 3 saturated heterocycles. The average Bonchev–Trinajstić information content (AvgIpc) is 3.75. The van der Waals surface area contributed by atoms with Crippen LogP contribution in [0.1, 0.15) is 12.5 Å².